The van der Waals surface area contributed by atoms with Crippen LogP contribution in [-0.2, 0) is 57.1 Å². The first kappa shape index (κ1) is 38.9. The van der Waals surface area contributed by atoms with Crippen molar-refractivity contribution in [2.45, 2.75) is 123 Å². The molecule has 1 aromatic carbocycles. The first-order valence-corrected chi connectivity index (χ1v) is 17.0. The molecule has 1 heterocycles. The molecular weight excluding hydrogens is 684 g/mol. The number of esters is 6. The standard InChI is InChI=1S/C37H46O15/c1-17-26-28(49-20(4)40)31(50-21(5)41)35(9)24(47-18(2)38)15-25-36(16-46-25,52-22(6)42)29(35)30(43)37(45,34(26,7)8)32(27(17)48-19(3)39)51-33(44)23-13-11-10-12-14-23/h10-14,24-25,27-32,43,45H,15-16H2,1-9H3. The summed E-state index contributed by atoms with van der Waals surface area (Å²) in [6, 6.07) is 7.80. The highest BCUT2D eigenvalue weighted by Crippen LogP contribution is 2.66. The van der Waals surface area contributed by atoms with Gasteiger partial charge in [0.25, 0.3) is 0 Å². The molecule has 0 spiro atoms. The average Bonchev–Trinajstić information content (AvgIpc) is 3.03. The first-order chi connectivity index (χ1) is 24.1. The molecule has 52 heavy (non-hydrogen) atoms. The largest absolute Gasteiger partial charge is 0.462 e. The minimum absolute atomic E-state index is 0.0727. The molecule has 11 unspecified atom stereocenters. The van der Waals surface area contributed by atoms with Crippen LogP contribution >= 0.6 is 0 Å². The molecule has 2 bridgehead atoms. The Morgan fingerprint density at radius 3 is 1.81 bits per heavy atom. The van der Waals surface area contributed by atoms with Gasteiger partial charge in [-0.2, -0.15) is 0 Å². The van der Waals surface area contributed by atoms with E-state index >= 15 is 0 Å². The van der Waals surface area contributed by atoms with Gasteiger partial charge >= 0.3 is 35.8 Å². The van der Waals surface area contributed by atoms with Crippen LogP contribution in [0.5, 0.6) is 0 Å². The van der Waals surface area contributed by atoms with Gasteiger partial charge in [-0.15, -0.1) is 0 Å². The second-order valence-electron chi connectivity index (χ2n) is 14.8. The Balaban J connectivity index is 1.93. The number of benzene rings is 1. The van der Waals surface area contributed by atoms with Crippen LogP contribution < -0.4 is 0 Å². The van der Waals surface area contributed by atoms with Crippen LogP contribution in [0.2, 0.25) is 0 Å². The Hall–Kier alpha value is -4.34. The van der Waals surface area contributed by atoms with E-state index in [2.05, 4.69) is 0 Å². The maximum Gasteiger partial charge on any atom is 0.338 e. The van der Waals surface area contributed by atoms with Crippen LogP contribution in [-0.4, -0.2) is 107 Å². The summed E-state index contributed by atoms with van der Waals surface area (Å²) in [4.78, 5) is 78.2. The number of aliphatic hydroxyl groups is 2. The Kier molecular flexibility index (Phi) is 10.1. The van der Waals surface area contributed by atoms with Crippen molar-refractivity contribution in [3.8, 4) is 0 Å². The first-order valence-electron chi connectivity index (χ1n) is 17.0. The molecule has 15 heteroatoms. The van der Waals surface area contributed by atoms with E-state index in [0.717, 1.165) is 34.6 Å². The SMILES string of the molecule is CC(=O)OC1C2=C(C)C(OC(C)=O)C(OC(=O)c3ccccc3)C(O)(C(O)C3C4(OC(C)=O)COC4CC(OC(C)=O)C3(C)C1OC(C)=O)C2(C)C. The normalized spacial score (nSPS) is 37.3. The quantitative estimate of drug-likeness (QED) is 0.234. The van der Waals surface area contributed by atoms with Gasteiger partial charge in [0.1, 0.15) is 17.8 Å². The zero-order valence-electron chi connectivity index (χ0n) is 30.6. The summed E-state index contributed by atoms with van der Waals surface area (Å²) < 4.78 is 41.7. The van der Waals surface area contributed by atoms with Crippen molar-refractivity contribution in [2.75, 3.05) is 6.61 Å². The molecule has 2 N–H and O–H groups in total. The van der Waals surface area contributed by atoms with Crippen LogP contribution in [0.4, 0.5) is 0 Å². The predicted molar refractivity (Wildman–Crippen MR) is 176 cm³/mol. The number of carbonyl (C=O) groups excluding carboxylic acids is 6. The van der Waals surface area contributed by atoms with E-state index in [1.54, 1.807) is 18.2 Å². The Morgan fingerprint density at radius 2 is 1.31 bits per heavy atom. The van der Waals surface area contributed by atoms with E-state index in [4.69, 9.17) is 33.2 Å². The molecule has 0 amide bonds. The van der Waals surface area contributed by atoms with Crippen LogP contribution in [0.15, 0.2) is 41.5 Å². The predicted octanol–water partition coefficient (Wildman–Crippen LogP) is 2.13. The number of carbonyl (C=O) groups is 6. The maximum atomic E-state index is 13.8. The molecule has 1 aromatic rings. The highest BCUT2D eigenvalue weighted by Gasteiger charge is 2.80. The fraction of sp³-hybridized carbons (Fsp3) is 0.622. The topological polar surface area (TPSA) is 207 Å². The molecule has 0 aromatic heterocycles. The third-order valence-corrected chi connectivity index (χ3v) is 11.3. The van der Waals surface area contributed by atoms with Crippen molar-refractivity contribution in [1.82, 2.24) is 0 Å². The summed E-state index contributed by atoms with van der Waals surface area (Å²) in [6.07, 6.45) is -11.2. The van der Waals surface area contributed by atoms with Crippen LogP contribution in [0.1, 0.15) is 79.1 Å². The number of ether oxygens (including phenoxy) is 7. The Bertz CT molecular complexity index is 1680. The molecule has 2 saturated carbocycles. The zero-order valence-corrected chi connectivity index (χ0v) is 30.6. The summed E-state index contributed by atoms with van der Waals surface area (Å²) in [5, 5.41) is 26.6. The van der Waals surface area contributed by atoms with E-state index in [1.165, 1.54) is 39.8 Å². The average molecular weight is 731 g/mol. The molecule has 3 fully saturated rings. The third kappa shape index (κ3) is 5.96. The number of aliphatic hydroxyl groups excluding tert-OH is 1. The monoisotopic (exact) mass is 730 g/mol. The fourth-order valence-electron chi connectivity index (χ4n) is 9.30. The van der Waals surface area contributed by atoms with Crippen molar-refractivity contribution < 1.29 is 72.1 Å². The lowest BCUT2D eigenvalue weighted by molar-refractivity contribution is -0.371. The minimum Gasteiger partial charge on any atom is -0.462 e. The lowest BCUT2D eigenvalue weighted by Crippen LogP contribution is -2.84. The van der Waals surface area contributed by atoms with Gasteiger partial charge in [-0.05, 0) is 30.2 Å². The molecule has 0 radical (unpaired) electrons. The Morgan fingerprint density at radius 1 is 0.750 bits per heavy atom. The van der Waals surface area contributed by atoms with Gasteiger partial charge in [-0.1, -0.05) is 39.0 Å². The molecule has 4 aliphatic rings. The van der Waals surface area contributed by atoms with Gasteiger partial charge < -0.3 is 43.4 Å². The van der Waals surface area contributed by atoms with Crippen LogP contribution in [0, 0.1) is 16.7 Å². The Labute approximate surface area is 300 Å². The van der Waals surface area contributed by atoms with Crippen molar-refractivity contribution in [2.24, 2.45) is 16.7 Å². The summed E-state index contributed by atoms with van der Waals surface area (Å²) in [5.41, 5.74) is -7.75. The lowest BCUT2D eigenvalue weighted by atomic mass is 9.43. The number of fused-ring (bicyclic) bond motifs is 5. The summed E-state index contributed by atoms with van der Waals surface area (Å²) in [6.45, 7) is 11.4. The van der Waals surface area contributed by atoms with Gasteiger partial charge in [0, 0.05) is 52.4 Å². The van der Waals surface area contributed by atoms with E-state index in [9.17, 15) is 39.0 Å². The molecule has 284 valence electrons. The molecule has 3 aliphatic carbocycles. The van der Waals surface area contributed by atoms with E-state index < -0.39 is 106 Å². The number of hydrogen-bond acceptors (Lipinski definition) is 15. The number of rotatable bonds is 7. The smallest absolute Gasteiger partial charge is 0.338 e. The van der Waals surface area contributed by atoms with Gasteiger partial charge in [-0.3, -0.25) is 24.0 Å². The van der Waals surface area contributed by atoms with Gasteiger partial charge in [0.2, 0.25) is 0 Å². The molecular formula is C37H46O15. The summed E-state index contributed by atoms with van der Waals surface area (Å²) in [5.74, 6) is -6.58. The van der Waals surface area contributed by atoms with Crippen molar-refractivity contribution in [1.29, 1.82) is 0 Å². The fourth-order valence-corrected chi connectivity index (χ4v) is 9.30. The van der Waals surface area contributed by atoms with Gasteiger partial charge in [-0.25, -0.2) is 4.79 Å². The molecule has 1 aliphatic heterocycles. The van der Waals surface area contributed by atoms with Gasteiger partial charge in [0.05, 0.1) is 23.7 Å². The third-order valence-electron chi connectivity index (χ3n) is 11.3. The van der Waals surface area contributed by atoms with Crippen LogP contribution in [0.25, 0.3) is 0 Å². The van der Waals surface area contributed by atoms with Crippen molar-refractivity contribution in [3.05, 3.63) is 47.0 Å². The highest BCUT2D eigenvalue weighted by atomic mass is 16.6. The highest BCUT2D eigenvalue weighted by molar-refractivity contribution is 5.89. The van der Waals surface area contributed by atoms with Crippen molar-refractivity contribution >= 4 is 35.8 Å². The molecule has 15 nitrogen and oxygen atoms in total. The molecule has 5 rings (SSSR count). The summed E-state index contributed by atoms with van der Waals surface area (Å²) >= 11 is 0. The second kappa shape index (κ2) is 13.6. The summed E-state index contributed by atoms with van der Waals surface area (Å²) in [7, 11) is 0. The van der Waals surface area contributed by atoms with E-state index in [0.29, 0.717) is 0 Å². The lowest BCUT2D eigenvalue weighted by Gasteiger charge is -2.69. The van der Waals surface area contributed by atoms with Crippen LogP contribution in [0.3, 0.4) is 0 Å². The molecule has 11 atom stereocenters. The minimum atomic E-state index is -2.68. The van der Waals surface area contributed by atoms with Crippen molar-refractivity contribution in [3.63, 3.8) is 0 Å². The van der Waals surface area contributed by atoms with Gasteiger partial charge in [0.15, 0.2) is 30.0 Å². The van der Waals surface area contributed by atoms with E-state index in [1.807, 2.05) is 0 Å². The second-order valence-corrected chi connectivity index (χ2v) is 14.8. The maximum absolute atomic E-state index is 13.8. The molecule has 1 saturated heterocycles. The number of hydrogen-bond donors (Lipinski definition) is 2. The van der Waals surface area contributed by atoms with E-state index in [-0.39, 0.29) is 29.7 Å². The zero-order chi connectivity index (χ0) is 38.7.